The monoisotopic (exact) mass is 325 g/mol. The molecule has 16 heavy (non-hydrogen) atoms. The van der Waals surface area contributed by atoms with Crippen LogP contribution in [-0.4, -0.2) is 3.79 Å². The molecule has 0 aromatic heterocycles. The van der Waals surface area contributed by atoms with Crippen molar-refractivity contribution in [3.8, 4) is 0 Å². The highest BCUT2D eigenvalue weighted by atomic mass is 127. The molecule has 0 spiro atoms. The first-order valence-corrected chi connectivity index (χ1v) is 6.17. The molecule has 1 aromatic rings. The van der Waals surface area contributed by atoms with Crippen LogP contribution in [0.1, 0.15) is 17.9 Å². The number of nitrogens with two attached hydrogens (primary N) is 1. The number of carbonyl (C=O) groups is 1. The fraction of sp³-hybridized carbons (Fsp3) is 0.154. The Bertz CT molecular complexity index is 459. The SMILES string of the molecule is Nc1ccc(C2C=CC=C(C(=O)I)C2)cc1. The van der Waals surface area contributed by atoms with Gasteiger partial charge in [0.15, 0.2) is 0 Å². The smallest absolute Gasteiger partial charge is 0.218 e. The second-order valence-corrected chi connectivity index (χ2v) is 4.81. The van der Waals surface area contributed by atoms with Gasteiger partial charge in [0.25, 0.3) is 0 Å². The van der Waals surface area contributed by atoms with Gasteiger partial charge in [0.05, 0.1) is 0 Å². The van der Waals surface area contributed by atoms with Gasteiger partial charge < -0.3 is 5.73 Å². The van der Waals surface area contributed by atoms with Gasteiger partial charge in [-0.15, -0.1) is 0 Å². The predicted octanol–water partition coefficient (Wildman–Crippen LogP) is 3.20. The molecule has 0 saturated heterocycles. The van der Waals surface area contributed by atoms with Crippen LogP contribution >= 0.6 is 22.6 Å². The molecular formula is C13H12INO. The average molecular weight is 325 g/mol. The Morgan fingerprint density at radius 1 is 1.31 bits per heavy atom. The summed E-state index contributed by atoms with van der Waals surface area (Å²) in [5.41, 5.74) is 8.50. The lowest BCUT2D eigenvalue weighted by Crippen LogP contribution is -2.04. The summed E-state index contributed by atoms with van der Waals surface area (Å²) in [6.07, 6.45) is 6.75. The topological polar surface area (TPSA) is 43.1 Å². The molecule has 3 heteroatoms. The van der Waals surface area contributed by atoms with Gasteiger partial charge >= 0.3 is 0 Å². The van der Waals surface area contributed by atoms with Crippen molar-refractivity contribution in [3.05, 3.63) is 53.6 Å². The molecule has 82 valence electrons. The Morgan fingerprint density at radius 2 is 2.00 bits per heavy atom. The molecule has 0 radical (unpaired) electrons. The third-order valence-electron chi connectivity index (χ3n) is 2.70. The highest BCUT2D eigenvalue weighted by Crippen LogP contribution is 2.30. The molecule has 1 atom stereocenters. The van der Waals surface area contributed by atoms with E-state index in [-0.39, 0.29) is 3.79 Å². The van der Waals surface area contributed by atoms with Crippen LogP contribution in [0.2, 0.25) is 0 Å². The number of benzene rings is 1. The molecule has 2 N–H and O–H groups in total. The highest BCUT2D eigenvalue weighted by molar-refractivity contribution is 14.1. The molecule has 0 amide bonds. The van der Waals surface area contributed by atoms with Crippen molar-refractivity contribution >= 4 is 32.1 Å². The van der Waals surface area contributed by atoms with Crippen LogP contribution in [-0.2, 0) is 4.79 Å². The van der Waals surface area contributed by atoms with Crippen LogP contribution in [0.4, 0.5) is 5.69 Å². The van der Waals surface area contributed by atoms with Gasteiger partial charge in [-0.25, -0.2) is 0 Å². The van der Waals surface area contributed by atoms with Crippen LogP contribution in [0, 0.1) is 0 Å². The van der Waals surface area contributed by atoms with Crippen molar-refractivity contribution in [2.75, 3.05) is 5.73 Å². The number of rotatable bonds is 2. The Morgan fingerprint density at radius 3 is 2.62 bits per heavy atom. The third kappa shape index (κ3) is 2.52. The van der Waals surface area contributed by atoms with E-state index in [2.05, 4.69) is 6.08 Å². The zero-order valence-electron chi connectivity index (χ0n) is 8.69. The van der Waals surface area contributed by atoms with E-state index in [0.717, 1.165) is 17.7 Å². The second-order valence-electron chi connectivity index (χ2n) is 3.83. The Hall–Kier alpha value is -1.10. The van der Waals surface area contributed by atoms with Crippen molar-refractivity contribution < 1.29 is 4.79 Å². The number of anilines is 1. The van der Waals surface area contributed by atoms with Crippen molar-refractivity contribution in [2.24, 2.45) is 0 Å². The van der Waals surface area contributed by atoms with E-state index in [1.807, 2.05) is 59.0 Å². The second kappa shape index (κ2) is 4.82. The molecule has 0 saturated carbocycles. The summed E-state index contributed by atoms with van der Waals surface area (Å²) in [5.74, 6) is 0.291. The van der Waals surface area contributed by atoms with Gasteiger partial charge in [-0.3, -0.25) is 4.79 Å². The average Bonchev–Trinajstić information content (AvgIpc) is 2.30. The first-order valence-electron chi connectivity index (χ1n) is 5.09. The molecule has 1 aliphatic carbocycles. The first-order chi connectivity index (χ1) is 7.66. The highest BCUT2D eigenvalue weighted by Gasteiger charge is 2.16. The van der Waals surface area contributed by atoms with Crippen molar-refractivity contribution in [2.45, 2.75) is 12.3 Å². The quantitative estimate of drug-likeness (QED) is 0.515. The molecule has 2 nitrogen and oxygen atoms in total. The molecule has 1 aliphatic rings. The van der Waals surface area contributed by atoms with E-state index < -0.39 is 0 Å². The van der Waals surface area contributed by atoms with Gasteiger partial charge in [-0.2, -0.15) is 0 Å². The molecule has 1 aromatic carbocycles. The van der Waals surface area contributed by atoms with E-state index in [1.165, 1.54) is 5.56 Å². The largest absolute Gasteiger partial charge is 0.399 e. The first kappa shape index (κ1) is 11.4. The lowest BCUT2D eigenvalue weighted by molar-refractivity contribution is -0.106. The maximum absolute atomic E-state index is 11.3. The fourth-order valence-electron chi connectivity index (χ4n) is 1.80. The molecule has 0 aliphatic heterocycles. The van der Waals surface area contributed by atoms with E-state index in [4.69, 9.17) is 5.73 Å². The molecular weight excluding hydrogens is 313 g/mol. The summed E-state index contributed by atoms with van der Waals surface area (Å²) >= 11 is 1.84. The lowest BCUT2D eigenvalue weighted by Gasteiger charge is -2.17. The van der Waals surface area contributed by atoms with E-state index in [1.54, 1.807) is 0 Å². The van der Waals surface area contributed by atoms with Gasteiger partial charge in [0, 0.05) is 39.8 Å². The standard InChI is InChI=1S/C13H12INO/c14-13(16)11-3-1-2-10(8-11)9-4-6-12(15)7-5-9/h1-7,10H,8,15H2. The van der Waals surface area contributed by atoms with Crippen LogP contribution in [0.15, 0.2) is 48.1 Å². The normalized spacial score (nSPS) is 19.3. The lowest BCUT2D eigenvalue weighted by atomic mass is 9.89. The Labute approximate surface area is 108 Å². The number of hydrogen-bond donors (Lipinski definition) is 1. The molecule has 2 rings (SSSR count). The third-order valence-corrected chi connectivity index (χ3v) is 3.39. The molecule has 0 fully saturated rings. The maximum atomic E-state index is 11.3. The van der Waals surface area contributed by atoms with Crippen molar-refractivity contribution in [3.63, 3.8) is 0 Å². The fourth-order valence-corrected chi connectivity index (χ4v) is 2.20. The van der Waals surface area contributed by atoms with Crippen LogP contribution in [0.5, 0.6) is 0 Å². The summed E-state index contributed by atoms with van der Waals surface area (Å²) in [5, 5.41) is 0. The van der Waals surface area contributed by atoms with Gasteiger partial charge in [0.1, 0.15) is 0 Å². The minimum Gasteiger partial charge on any atom is -0.399 e. The van der Waals surface area contributed by atoms with Gasteiger partial charge in [-0.05, 0) is 24.1 Å². The number of halogens is 1. The Balaban J connectivity index is 2.19. The summed E-state index contributed by atoms with van der Waals surface area (Å²) in [4.78, 5) is 11.3. The zero-order valence-corrected chi connectivity index (χ0v) is 10.8. The number of hydrogen-bond acceptors (Lipinski definition) is 2. The molecule has 1 unspecified atom stereocenters. The summed E-state index contributed by atoms with van der Waals surface area (Å²) in [6.45, 7) is 0. The summed E-state index contributed by atoms with van der Waals surface area (Å²) < 4.78 is 0.127. The van der Waals surface area contributed by atoms with E-state index in [9.17, 15) is 4.79 Å². The predicted molar refractivity (Wildman–Crippen MR) is 74.5 cm³/mol. The number of nitrogen functional groups attached to an aromatic ring is 1. The Kier molecular flexibility index (Phi) is 3.43. The van der Waals surface area contributed by atoms with E-state index >= 15 is 0 Å². The maximum Gasteiger partial charge on any atom is 0.218 e. The van der Waals surface area contributed by atoms with Crippen LogP contribution in [0.25, 0.3) is 0 Å². The minimum atomic E-state index is 0.127. The number of carbonyl (C=O) groups excluding carboxylic acids is 1. The van der Waals surface area contributed by atoms with Gasteiger partial charge in [-0.1, -0.05) is 30.4 Å². The number of allylic oxidation sites excluding steroid dienone is 4. The van der Waals surface area contributed by atoms with Crippen molar-refractivity contribution in [1.82, 2.24) is 0 Å². The van der Waals surface area contributed by atoms with Crippen molar-refractivity contribution in [1.29, 1.82) is 0 Å². The molecule has 0 heterocycles. The summed E-state index contributed by atoms with van der Waals surface area (Å²) in [7, 11) is 0. The van der Waals surface area contributed by atoms with E-state index in [0.29, 0.717) is 5.92 Å². The zero-order chi connectivity index (χ0) is 11.5. The molecule has 0 bridgehead atoms. The van der Waals surface area contributed by atoms with Gasteiger partial charge in [0.2, 0.25) is 3.79 Å². The van der Waals surface area contributed by atoms with Crippen LogP contribution in [0.3, 0.4) is 0 Å². The van der Waals surface area contributed by atoms with Crippen LogP contribution < -0.4 is 5.73 Å². The summed E-state index contributed by atoms with van der Waals surface area (Å²) in [6, 6.07) is 7.83. The minimum absolute atomic E-state index is 0.127.